The van der Waals surface area contributed by atoms with Crippen molar-refractivity contribution in [2.75, 3.05) is 0 Å². The lowest BCUT2D eigenvalue weighted by molar-refractivity contribution is -0.140. The molecule has 3 rings (SSSR count). The van der Waals surface area contributed by atoms with Gasteiger partial charge in [0.05, 0.1) is 11.7 Å². The molecular formula is C15H20O4. The summed E-state index contributed by atoms with van der Waals surface area (Å²) < 4.78 is 11.2. The number of carbonyl (C=O) groups excluding carboxylic acids is 1. The first-order valence-corrected chi connectivity index (χ1v) is 6.85. The molecule has 19 heavy (non-hydrogen) atoms. The van der Waals surface area contributed by atoms with Crippen LogP contribution in [-0.2, 0) is 14.3 Å². The van der Waals surface area contributed by atoms with Crippen molar-refractivity contribution in [3.63, 3.8) is 0 Å². The number of epoxide rings is 1. The number of esters is 1. The van der Waals surface area contributed by atoms with E-state index in [0.29, 0.717) is 12.0 Å². The molecule has 0 unspecified atom stereocenters. The predicted octanol–water partition coefficient (Wildman–Crippen LogP) is 1.73. The molecule has 1 N–H and O–H groups in total. The minimum Gasteiger partial charge on any atom is -0.455 e. The molecule has 0 saturated carbocycles. The number of hydrogen-bond acceptors (Lipinski definition) is 4. The second-order valence-electron chi connectivity index (χ2n) is 6.09. The average molecular weight is 264 g/mol. The standard InChI is InChI=1S/C15H20O4/c1-8-5-4-6-15(3)13(19-15)12-10(7-11(8)16)9(2)14(17)18-12/h5,10-13,16H,2,4,6-7H2,1,3H3/b8-5+/t10-,11+,12-,13+,15+/m0/s1. The van der Waals surface area contributed by atoms with E-state index in [1.807, 2.05) is 6.92 Å². The number of allylic oxidation sites excluding steroid dienone is 1. The Kier molecular flexibility index (Phi) is 2.84. The fourth-order valence-corrected chi connectivity index (χ4v) is 3.20. The molecular weight excluding hydrogens is 244 g/mol. The van der Waals surface area contributed by atoms with Crippen LogP contribution in [0.5, 0.6) is 0 Å². The van der Waals surface area contributed by atoms with Crippen LogP contribution in [0.3, 0.4) is 0 Å². The molecule has 3 aliphatic rings. The fourth-order valence-electron chi connectivity index (χ4n) is 3.20. The lowest BCUT2D eigenvalue weighted by atomic mass is 9.83. The number of carbonyl (C=O) groups is 1. The summed E-state index contributed by atoms with van der Waals surface area (Å²) in [5.41, 5.74) is 1.22. The van der Waals surface area contributed by atoms with Crippen LogP contribution in [0.4, 0.5) is 0 Å². The Morgan fingerprint density at radius 1 is 1.53 bits per heavy atom. The molecule has 2 aliphatic heterocycles. The van der Waals surface area contributed by atoms with Crippen LogP contribution in [0.15, 0.2) is 23.8 Å². The van der Waals surface area contributed by atoms with Gasteiger partial charge in [-0.25, -0.2) is 4.79 Å². The van der Waals surface area contributed by atoms with Crippen LogP contribution in [0, 0.1) is 5.92 Å². The summed E-state index contributed by atoms with van der Waals surface area (Å²) in [5.74, 6) is -0.489. The Hall–Kier alpha value is -1.13. The van der Waals surface area contributed by atoms with E-state index in [2.05, 4.69) is 19.6 Å². The third-order valence-corrected chi connectivity index (χ3v) is 4.70. The minimum atomic E-state index is -0.540. The van der Waals surface area contributed by atoms with E-state index < -0.39 is 6.10 Å². The molecule has 0 bridgehead atoms. The third-order valence-electron chi connectivity index (χ3n) is 4.70. The van der Waals surface area contributed by atoms with Gasteiger partial charge in [0.2, 0.25) is 0 Å². The summed E-state index contributed by atoms with van der Waals surface area (Å²) in [5, 5.41) is 10.2. The first-order valence-electron chi connectivity index (χ1n) is 6.85. The van der Waals surface area contributed by atoms with E-state index in [-0.39, 0.29) is 29.7 Å². The maximum atomic E-state index is 11.7. The molecule has 0 radical (unpaired) electrons. The van der Waals surface area contributed by atoms with Crippen molar-refractivity contribution in [1.82, 2.24) is 0 Å². The summed E-state index contributed by atoms with van der Waals surface area (Å²) in [4.78, 5) is 11.7. The van der Waals surface area contributed by atoms with Crippen molar-refractivity contribution in [1.29, 1.82) is 0 Å². The Labute approximate surface area is 113 Å². The molecule has 4 nitrogen and oxygen atoms in total. The second-order valence-corrected chi connectivity index (χ2v) is 6.09. The summed E-state index contributed by atoms with van der Waals surface area (Å²) >= 11 is 0. The molecule has 0 aromatic heterocycles. The van der Waals surface area contributed by atoms with Crippen molar-refractivity contribution >= 4 is 5.97 Å². The normalized spacial score (nSPS) is 48.7. The smallest absolute Gasteiger partial charge is 0.334 e. The quantitative estimate of drug-likeness (QED) is 0.313. The van der Waals surface area contributed by atoms with Crippen molar-refractivity contribution in [3.8, 4) is 0 Å². The largest absolute Gasteiger partial charge is 0.455 e. The van der Waals surface area contributed by atoms with Gasteiger partial charge in [0, 0.05) is 11.5 Å². The van der Waals surface area contributed by atoms with Gasteiger partial charge in [0.1, 0.15) is 12.2 Å². The van der Waals surface area contributed by atoms with E-state index in [4.69, 9.17) is 9.47 Å². The number of ether oxygens (including phenoxy) is 2. The zero-order valence-electron chi connectivity index (χ0n) is 11.4. The molecule has 2 saturated heterocycles. The highest BCUT2D eigenvalue weighted by molar-refractivity contribution is 5.91. The van der Waals surface area contributed by atoms with Gasteiger partial charge in [-0.3, -0.25) is 0 Å². The van der Waals surface area contributed by atoms with E-state index >= 15 is 0 Å². The van der Waals surface area contributed by atoms with E-state index in [1.165, 1.54) is 0 Å². The van der Waals surface area contributed by atoms with Gasteiger partial charge >= 0.3 is 5.97 Å². The highest BCUT2D eigenvalue weighted by Crippen LogP contribution is 2.49. The van der Waals surface area contributed by atoms with Gasteiger partial charge in [-0.05, 0) is 38.7 Å². The predicted molar refractivity (Wildman–Crippen MR) is 69.4 cm³/mol. The molecule has 4 heteroatoms. The second kappa shape index (κ2) is 4.18. The first kappa shape index (κ1) is 12.9. The highest BCUT2D eigenvalue weighted by Gasteiger charge is 2.61. The van der Waals surface area contributed by atoms with E-state index in [0.717, 1.165) is 18.4 Å². The van der Waals surface area contributed by atoms with Crippen molar-refractivity contribution in [2.24, 2.45) is 5.92 Å². The summed E-state index contributed by atoms with van der Waals surface area (Å²) in [6.07, 6.45) is 3.42. The SMILES string of the molecule is C=C1C(=O)O[C@@H]2[C@H]3O[C@]3(C)CC/C=C(\C)[C@H](O)C[C@@H]12. The topological polar surface area (TPSA) is 59.1 Å². The molecule has 5 atom stereocenters. The molecule has 1 aliphatic carbocycles. The zero-order chi connectivity index (χ0) is 13.8. The molecule has 2 fully saturated rings. The Balaban J connectivity index is 1.91. The lowest BCUT2D eigenvalue weighted by Gasteiger charge is -2.22. The van der Waals surface area contributed by atoms with Crippen LogP contribution in [0.2, 0.25) is 0 Å². The summed E-state index contributed by atoms with van der Waals surface area (Å²) in [7, 11) is 0. The average Bonchev–Trinajstić information content (AvgIpc) is 2.95. The van der Waals surface area contributed by atoms with Crippen molar-refractivity contribution in [3.05, 3.63) is 23.8 Å². The van der Waals surface area contributed by atoms with Gasteiger partial charge in [-0.1, -0.05) is 12.7 Å². The summed E-state index contributed by atoms with van der Waals surface area (Å²) in [6, 6.07) is 0. The number of fused-ring (bicyclic) bond motifs is 3. The Morgan fingerprint density at radius 3 is 3.00 bits per heavy atom. The first-order chi connectivity index (χ1) is 8.92. The van der Waals surface area contributed by atoms with Gasteiger partial charge in [0.15, 0.2) is 0 Å². The summed E-state index contributed by atoms with van der Waals surface area (Å²) in [6.45, 7) is 7.81. The van der Waals surface area contributed by atoms with E-state index in [1.54, 1.807) is 0 Å². The molecule has 104 valence electrons. The van der Waals surface area contributed by atoms with Gasteiger partial charge in [-0.2, -0.15) is 0 Å². The highest BCUT2D eigenvalue weighted by atomic mass is 16.6. The van der Waals surface area contributed by atoms with Crippen molar-refractivity contribution < 1.29 is 19.4 Å². The fraction of sp³-hybridized carbons (Fsp3) is 0.667. The maximum absolute atomic E-state index is 11.7. The van der Waals surface area contributed by atoms with Gasteiger partial charge < -0.3 is 14.6 Å². The van der Waals surface area contributed by atoms with Crippen LogP contribution < -0.4 is 0 Å². The number of hydrogen-bond donors (Lipinski definition) is 1. The van der Waals surface area contributed by atoms with Crippen molar-refractivity contribution in [2.45, 2.75) is 57.0 Å². The van der Waals surface area contributed by atoms with E-state index in [9.17, 15) is 9.90 Å². The molecule has 0 spiro atoms. The van der Waals surface area contributed by atoms with Gasteiger partial charge in [-0.15, -0.1) is 0 Å². The van der Waals surface area contributed by atoms with Crippen LogP contribution in [0.25, 0.3) is 0 Å². The lowest BCUT2D eigenvalue weighted by Crippen LogP contribution is -2.31. The molecule has 0 aromatic carbocycles. The van der Waals surface area contributed by atoms with Crippen LogP contribution >= 0.6 is 0 Å². The van der Waals surface area contributed by atoms with Gasteiger partial charge in [0.25, 0.3) is 0 Å². The number of aliphatic hydroxyl groups excluding tert-OH is 1. The minimum absolute atomic E-state index is 0.0558. The number of rotatable bonds is 0. The molecule has 0 aromatic rings. The Bertz CT molecular complexity index is 467. The maximum Gasteiger partial charge on any atom is 0.334 e. The van der Waals surface area contributed by atoms with Crippen LogP contribution in [0.1, 0.15) is 33.1 Å². The zero-order valence-corrected chi connectivity index (χ0v) is 11.4. The molecule has 0 amide bonds. The monoisotopic (exact) mass is 264 g/mol. The molecule has 2 heterocycles. The third kappa shape index (κ3) is 2.03. The van der Waals surface area contributed by atoms with Crippen LogP contribution in [-0.4, -0.2) is 35.0 Å². The number of aliphatic hydroxyl groups is 1. The Morgan fingerprint density at radius 2 is 2.26 bits per heavy atom.